The second-order valence-electron chi connectivity index (χ2n) is 7.91. The number of aliphatic hydroxyl groups is 1. The summed E-state index contributed by atoms with van der Waals surface area (Å²) in [4.78, 5) is 0. The molecule has 0 aromatic carbocycles. The molecule has 1 N–H and O–H groups in total. The molecule has 4 rings (SSSR count). The lowest BCUT2D eigenvalue weighted by molar-refractivity contribution is -0.271. The van der Waals surface area contributed by atoms with Crippen molar-refractivity contribution in [3.63, 3.8) is 0 Å². The van der Waals surface area contributed by atoms with E-state index in [0.29, 0.717) is 0 Å². The van der Waals surface area contributed by atoms with Crippen molar-refractivity contribution in [1.29, 1.82) is 0 Å². The minimum Gasteiger partial charge on any atom is -0.367 e. The molecule has 0 aromatic heterocycles. The Kier molecular flexibility index (Phi) is 3.02. The maximum atomic E-state index is 10.4. The van der Waals surface area contributed by atoms with Crippen molar-refractivity contribution in [2.45, 2.75) is 77.6 Å². The van der Waals surface area contributed by atoms with Crippen LogP contribution in [0.15, 0.2) is 0 Å². The molecule has 0 aliphatic heterocycles. The van der Waals surface area contributed by atoms with Gasteiger partial charge in [-0.15, -0.1) is 0 Å². The monoisotopic (exact) mass is 252 g/mol. The van der Waals surface area contributed by atoms with Gasteiger partial charge in [-0.1, -0.05) is 20.8 Å². The zero-order valence-corrected chi connectivity index (χ0v) is 12.1. The lowest BCUT2D eigenvalue weighted by atomic mass is 9.54. The first-order valence-corrected chi connectivity index (χ1v) is 7.78. The largest absolute Gasteiger partial charge is 0.367 e. The van der Waals surface area contributed by atoms with Crippen LogP contribution in [0.5, 0.6) is 0 Å². The quantitative estimate of drug-likeness (QED) is 0.773. The standard InChI is InChI=1S/C16H28O2/c1-4-15(2,3)14(17)18-16-8-11-5-12(9-16)7-13(6-11)10-16/h11-14,17H,4-10H2,1-3H3. The van der Waals surface area contributed by atoms with E-state index in [1.807, 2.05) is 0 Å². The van der Waals surface area contributed by atoms with Crippen molar-refractivity contribution in [2.75, 3.05) is 0 Å². The maximum absolute atomic E-state index is 10.4. The zero-order valence-electron chi connectivity index (χ0n) is 12.1. The Morgan fingerprint density at radius 1 is 1.11 bits per heavy atom. The number of aliphatic hydroxyl groups excluding tert-OH is 1. The number of ether oxygens (including phenoxy) is 1. The molecule has 0 radical (unpaired) electrons. The van der Waals surface area contributed by atoms with Crippen LogP contribution in [0.3, 0.4) is 0 Å². The van der Waals surface area contributed by atoms with E-state index in [4.69, 9.17) is 4.74 Å². The van der Waals surface area contributed by atoms with Crippen molar-refractivity contribution in [2.24, 2.45) is 23.2 Å². The number of rotatable bonds is 4. The van der Waals surface area contributed by atoms with Crippen molar-refractivity contribution >= 4 is 0 Å². The van der Waals surface area contributed by atoms with E-state index < -0.39 is 6.29 Å². The van der Waals surface area contributed by atoms with Crippen molar-refractivity contribution in [3.8, 4) is 0 Å². The van der Waals surface area contributed by atoms with Gasteiger partial charge in [-0.2, -0.15) is 0 Å². The van der Waals surface area contributed by atoms with Gasteiger partial charge in [0.25, 0.3) is 0 Å². The van der Waals surface area contributed by atoms with E-state index in [2.05, 4.69) is 20.8 Å². The first-order valence-electron chi connectivity index (χ1n) is 7.78. The highest BCUT2D eigenvalue weighted by Crippen LogP contribution is 2.57. The predicted octanol–water partition coefficient (Wildman–Crippen LogP) is 3.73. The second-order valence-corrected chi connectivity index (χ2v) is 7.91. The molecule has 2 heteroatoms. The SMILES string of the molecule is CCC(C)(C)C(O)OC12CC3CC(CC(C3)C1)C2. The third-order valence-electron chi connectivity index (χ3n) is 5.92. The molecule has 1 unspecified atom stereocenters. The first kappa shape index (κ1) is 12.9. The fourth-order valence-corrected chi connectivity index (χ4v) is 4.75. The molecule has 4 aliphatic carbocycles. The van der Waals surface area contributed by atoms with Gasteiger partial charge in [0.2, 0.25) is 0 Å². The van der Waals surface area contributed by atoms with Gasteiger partial charge in [0.15, 0.2) is 6.29 Å². The molecule has 4 bridgehead atoms. The van der Waals surface area contributed by atoms with E-state index in [-0.39, 0.29) is 11.0 Å². The molecule has 4 saturated carbocycles. The van der Waals surface area contributed by atoms with Gasteiger partial charge in [-0.25, -0.2) is 0 Å². The summed E-state index contributed by atoms with van der Waals surface area (Å²) in [7, 11) is 0. The summed E-state index contributed by atoms with van der Waals surface area (Å²) in [6.45, 7) is 6.35. The van der Waals surface area contributed by atoms with E-state index >= 15 is 0 Å². The summed E-state index contributed by atoms with van der Waals surface area (Å²) in [5, 5.41) is 10.4. The van der Waals surface area contributed by atoms with Crippen LogP contribution in [0.1, 0.15) is 65.7 Å². The third-order valence-corrected chi connectivity index (χ3v) is 5.92. The first-order chi connectivity index (χ1) is 8.42. The average molecular weight is 252 g/mol. The predicted molar refractivity (Wildman–Crippen MR) is 72.1 cm³/mol. The van der Waals surface area contributed by atoms with Crippen molar-refractivity contribution < 1.29 is 9.84 Å². The Hall–Kier alpha value is -0.0800. The van der Waals surface area contributed by atoms with Gasteiger partial charge in [-0.3, -0.25) is 0 Å². The van der Waals surface area contributed by atoms with E-state index in [9.17, 15) is 5.11 Å². The minimum absolute atomic E-state index is 0.0284. The molecule has 0 aromatic rings. The van der Waals surface area contributed by atoms with Crippen LogP contribution in [-0.4, -0.2) is 17.0 Å². The third kappa shape index (κ3) is 2.12. The van der Waals surface area contributed by atoms with Crippen molar-refractivity contribution in [3.05, 3.63) is 0 Å². The summed E-state index contributed by atoms with van der Waals surface area (Å²) < 4.78 is 6.26. The van der Waals surface area contributed by atoms with Gasteiger partial charge in [0, 0.05) is 5.41 Å². The van der Waals surface area contributed by atoms with Crippen LogP contribution in [-0.2, 0) is 4.74 Å². The Labute approximate surface area is 111 Å². The lowest BCUT2D eigenvalue weighted by Gasteiger charge is -2.57. The van der Waals surface area contributed by atoms with Crippen LogP contribution in [0.2, 0.25) is 0 Å². The number of hydrogen-bond donors (Lipinski definition) is 1. The molecule has 0 heterocycles. The Balaban J connectivity index is 1.72. The highest BCUT2D eigenvalue weighted by atomic mass is 16.6. The van der Waals surface area contributed by atoms with E-state index in [0.717, 1.165) is 24.2 Å². The van der Waals surface area contributed by atoms with Gasteiger partial charge >= 0.3 is 0 Å². The zero-order chi connectivity index (χ0) is 13.0. The summed E-state index contributed by atoms with van der Waals surface area (Å²) in [6, 6.07) is 0. The van der Waals surface area contributed by atoms with E-state index in [1.165, 1.54) is 38.5 Å². The summed E-state index contributed by atoms with van der Waals surface area (Å²) in [6.07, 6.45) is 8.25. The molecule has 104 valence electrons. The smallest absolute Gasteiger partial charge is 0.160 e. The van der Waals surface area contributed by atoms with Crippen LogP contribution in [0.25, 0.3) is 0 Å². The topological polar surface area (TPSA) is 29.5 Å². The van der Waals surface area contributed by atoms with Crippen LogP contribution in [0, 0.1) is 23.2 Å². The van der Waals surface area contributed by atoms with Gasteiger partial charge in [-0.05, 0) is 62.7 Å². The second kappa shape index (κ2) is 4.21. The van der Waals surface area contributed by atoms with Gasteiger partial charge < -0.3 is 9.84 Å². The molecule has 1 atom stereocenters. The highest BCUT2D eigenvalue weighted by Gasteiger charge is 2.53. The number of hydrogen-bond acceptors (Lipinski definition) is 2. The lowest BCUT2D eigenvalue weighted by Crippen LogP contribution is -2.54. The van der Waals surface area contributed by atoms with Crippen LogP contribution < -0.4 is 0 Å². The normalized spacial score (nSPS) is 44.3. The van der Waals surface area contributed by atoms with Crippen molar-refractivity contribution in [1.82, 2.24) is 0 Å². The summed E-state index contributed by atoms with van der Waals surface area (Å²) in [5.74, 6) is 2.65. The van der Waals surface area contributed by atoms with Crippen LogP contribution in [0.4, 0.5) is 0 Å². The maximum Gasteiger partial charge on any atom is 0.160 e. The van der Waals surface area contributed by atoms with Gasteiger partial charge in [0.1, 0.15) is 0 Å². The van der Waals surface area contributed by atoms with Gasteiger partial charge in [0.05, 0.1) is 5.60 Å². The minimum atomic E-state index is -0.598. The molecule has 2 nitrogen and oxygen atoms in total. The molecular weight excluding hydrogens is 224 g/mol. The van der Waals surface area contributed by atoms with Crippen LogP contribution >= 0.6 is 0 Å². The highest BCUT2D eigenvalue weighted by molar-refractivity contribution is 5.03. The average Bonchev–Trinajstić information content (AvgIpc) is 2.26. The molecule has 18 heavy (non-hydrogen) atoms. The molecular formula is C16H28O2. The molecule has 0 amide bonds. The molecule has 0 saturated heterocycles. The fourth-order valence-electron chi connectivity index (χ4n) is 4.75. The Bertz CT molecular complexity index is 286. The summed E-state index contributed by atoms with van der Waals surface area (Å²) >= 11 is 0. The molecule has 0 spiro atoms. The fraction of sp³-hybridized carbons (Fsp3) is 1.00. The Morgan fingerprint density at radius 3 is 1.94 bits per heavy atom. The molecule has 4 aliphatic rings. The Morgan fingerprint density at radius 2 is 1.56 bits per heavy atom. The molecule has 4 fully saturated rings. The summed E-state index contributed by atoms with van der Waals surface area (Å²) in [5.41, 5.74) is -0.0933. The van der Waals surface area contributed by atoms with E-state index in [1.54, 1.807) is 0 Å².